The molecule has 2 fully saturated rings. The lowest BCUT2D eigenvalue weighted by Gasteiger charge is -2.27. The number of fused-ring (bicyclic) bond motifs is 1. The summed E-state index contributed by atoms with van der Waals surface area (Å²) in [6.07, 6.45) is 6.04. The smallest absolute Gasteiger partial charge is 0.230 e. The minimum Gasteiger partial charge on any atom is -0.486 e. The van der Waals surface area contributed by atoms with Crippen molar-refractivity contribution in [2.24, 2.45) is 0 Å². The van der Waals surface area contributed by atoms with Gasteiger partial charge >= 0.3 is 0 Å². The summed E-state index contributed by atoms with van der Waals surface area (Å²) in [6.45, 7) is 5.19. The second kappa shape index (κ2) is 8.98. The molecule has 1 atom stereocenters. The first-order chi connectivity index (χ1) is 15.2. The topological polar surface area (TPSA) is 81.5 Å². The number of nitrogens with zero attached hydrogens (tertiary/aromatic N) is 4. The first-order valence-electron chi connectivity index (χ1n) is 11.2. The number of ether oxygens (including phenoxy) is 2. The van der Waals surface area contributed by atoms with Gasteiger partial charge in [0.1, 0.15) is 13.2 Å². The molecule has 5 rings (SSSR count). The number of aromatic nitrogens is 3. The lowest BCUT2D eigenvalue weighted by Crippen LogP contribution is -2.32. The largest absolute Gasteiger partial charge is 0.486 e. The molecule has 8 nitrogen and oxygen atoms in total. The van der Waals surface area contributed by atoms with Gasteiger partial charge in [0.2, 0.25) is 11.9 Å². The average molecular weight is 444 g/mol. The van der Waals surface area contributed by atoms with Crippen molar-refractivity contribution in [2.45, 2.75) is 56.3 Å². The molecule has 1 aromatic carbocycles. The molecular formula is C22H29N5O3S. The van der Waals surface area contributed by atoms with Gasteiger partial charge in [-0.2, -0.15) is 0 Å². The van der Waals surface area contributed by atoms with Crippen molar-refractivity contribution in [3.8, 4) is 11.5 Å². The molecule has 1 aromatic heterocycles. The van der Waals surface area contributed by atoms with Gasteiger partial charge in [-0.1, -0.05) is 17.8 Å². The zero-order chi connectivity index (χ0) is 21.2. The maximum Gasteiger partial charge on any atom is 0.230 e. The van der Waals surface area contributed by atoms with E-state index < -0.39 is 0 Å². The van der Waals surface area contributed by atoms with E-state index in [9.17, 15) is 4.79 Å². The summed E-state index contributed by atoms with van der Waals surface area (Å²) in [7, 11) is 0. The molecule has 2 aliphatic heterocycles. The van der Waals surface area contributed by atoms with Gasteiger partial charge in [0.05, 0.1) is 11.8 Å². The Morgan fingerprint density at radius 3 is 2.71 bits per heavy atom. The molecule has 166 valence electrons. The molecule has 9 heteroatoms. The van der Waals surface area contributed by atoms with Crippen molar-refractivity contribution in [1.82, 2.24) is 20.1 Å². The van der Waals surface area contributed by atoms with E-state index in [-0.39, 0.29) is 11.9 Å². The van der Waals surface area contributed by atoms with Crippen molar-refractivity contribution < 1.29 is 14.3 Å². The van der Waals surface area contributed by atoms with E-state index in [0.29, 0.717) is 25.0 Å². The fourth-order valence-electron chi connectivity index (χ4n) is 4.16. The maximum atomic E-state index is 12.6. The number of piperidine rings is 1. The highest BCUT2D eigenvalue weighted by Crippen LogP contribution is 2.41. The second-order valence-corrected chi connectivity index (χ2v) is 9.35. The number of carbonyl (C=O) groups excluding carboxylic acids is 1. The normalized spacial score (nSPS) is 19.2. The van der Waals surface area contributed by atoms with Crippen molar-refractivity contribution in [3.63, 3.8) is 0 Å². The first kappa shape index (κ1) is 20.5. The molecule has 31 heavy (non-hydrogen) atoms. The Labute approximate surface area is 186 Å². The van der Waals surface area contributed by atoms with Crippen LogP contribution < -0.4 is 19.7 Å². The summed E-state index contributed by atoms with van der Waals surface area (Å²) < 4.78 is 13.5. The van der Waals surface area contributed by atoms with Crippen LogP contribution in [0.2, 0.25) is 0 Å². The third-order valence-corrected chi connectivity index (χ3v) is 6.92. The van der Waals surface area contributed by atoms with Crippen molar-refractivity contribution >= 4 is 23.6 Å². The van der Waals surface area contributed by atoms with Gasteiger partial charge in [0.25, 0.3) is 0 Å². The predicted octanol–water partition coefficient (Wildman–Crippen LogP) is 3.34. The zero-order valence-electron chi connectivity index (χ0n) is 17.9. The fourth-order valence-corrected chi connectivity index (χ4v) is 4.97. The van der Waals surface area contributed by atoms with Gasteiger partial charge in [-0.05, 0) is 56.7 Å². The van der Waals surface area contributed by atoms with Gasteiger partial charge in [-0.25, -0.2) is 0 Å². The van der Waals surface area contributed by atoms with Crippen LogP contribution in [0.15, 0.2) is 23.4 Å². The van der Waals surface area contributed by atoms with Crippen LogP contribution >= 0.6 is 11.8 Å². The zero-order valence-corrected chi connectivity index (χ0v) is 18.7. The minimum absolute atomic E-state index is 0.0164. The van der Waals surface area contributed by atoms with Crippen molar-refractivity contribution in [1.29, 1.82) is 0 Å². The number of hydrogen-bond donors (Lipinski definition) is 1. The third kappa shape index (κ3) is 4.61. The van der Waals surface area contributed by atoms with E-state index in [1.54, 1.807) is 0 Å². The SMILES string of the molecule is CC(NC(=O)CSc1nnc(N2CCCCC2)n1C1CC1)c1ccc2c(c1)OCCO2. The minimum atomic E-state index is -0.117. The van der Waals surface area contributed by atoms with Crippen LogP contribution in [0.1, 0.15) is 56.7 Å². The van der Waals surface area contributed by atoms with Crippen LogP contribution in [-0.4, -0.2) is 52.7 Å². The van der Waals surface area contributed by atoms with Crippen LogP contribution in [0, 0.1) is 0 Å². The van der Waals surface area contributed by atoms with Crippen LogP contribution in [0.25, 0.3) is 0 Å². The second-order valence-electron chi connectivity index (χ2n) is 8.41. The Morgan fingerprint density at radius 1 is 1.16 bits per heavy atom. The molecule has 0 bridgehead atoms. The molecule has 3 heterocycles. The molecule has 1 unspecified atom stereocenters. The summed E-state index contributed by atoms with van der Waals surface area (Å²) in [5.41, 5.74) is 0.996. The quantitative estimate of drug-likeness (QED) is 0.657. The number of rotatable bonds is 7. The number of thioether (sulfide) groups is 1. The van der Waals surface area contributed by atoms with E-state index in [4.69, 9.17) is 9.47 Å². The predicted molar refractivity (Wildman–Crippen MR) is 119 cm³/mol. The number of nitrogens with one attached hydrogen (secondary N) is 1. The number of benzene rings is 1. The molecule has 1 saturated heterocycles. The van der Waals surface area contributed by atoms with E-state index in [1.165, 1.54) is 43.9 Å². The highest BCUT2D eigenvalue weighted by Gasteiger charge is 2.32. The maximum absolute atomic E-state index is 12.6. The lowest BCUT2D eigenvalue weighted by molar-refractivity contribution is -0.119. The van der Waals surface area contributed by atoms with Crippen LogP contribution in [0.5, 0.6) is 11.5 Å². The van der Waals surface area contributed by atoms with Crippen molar-refractivity contribution in [2.75, 3.05) is 37.0 Å². The lowest BCUT2D eigenvalue weighted by atomic mass is 10.1. The molecule has 1 amide bonds. The molecule has 3 aliphatic rings. The standard InChI is InChI=1S/C22H29N5O3S/c1-15(16-5-8-18-19(13-16)30-12-11-29-18)23-20(28)14-31-22-25-24-21(27(22)17-6-7-17)26-9-3-2-4-10-26/h5,8,13,15,17H,2-4,6-7,9-12,14H2,1H3,(H,23,28). The summed E-state index contributed by atoms with van der Waals surface area (Å²) in [5.74, 6) is 2.78. The van der Waals surface area contributed by atoms with Gasteiger partial charge in [-0.3, -0.25) is 9.36 Å². The Bertz CT molecular complexity index is 939. The van der Waals surface area contributed by atoms with Gasteiger partial charge in [-0.15, -0.1) is 10.2 Å². The summed E-state index contributed by atoms with van der Waals surface area (Å²) in [4.78, 5) is 15.0. The van der Waals surface area contributed by atoms with Crippen molar-refractivity contribution in [3.05, 3.63) is 23.8 Å². The van der Waals surface area contributed by atoms with Gasteiger partial charge < -0.3 is 19.7 Å². The number of hydrogen-bond acceptors (Lipinski definition) is 7. The Morgan fingerprint density at radius 2 is 1.94 bits per heavy atom. The Hall–Kier alpha value is -2.42. The molecule has 0 radical (unpaired) electrons. The molecule has 1 saturated carbocycles. The van der Waals surface area contributed by atoms with Gasteiger partial charge in [0.15, 0.2) is 16.7 Å². The van der Waals surface area contributed by atoms with E-state index >= 15 is 0 Å². The Kier molecular flexibility index (Phi) is 5.93. The monoisotopic (exact) mass is 443 g/mol. The highest BCUT2D eigenvalue weighted by atomic mass is 32.2. The number of amides is 1. The Balaban J connectivity index is 1.20. The average Bonchev–Trinajstić information content (AvgIpc) is 3.56. The van der Waals surface area contributed by atoms with Gasteiger partial charge in [0, 0.05) is 19.1 Å². The molecule has 0 spiro atoms. The summed E-state index contributed by atoms with van der Waals surface area (Å²) in [6, 6.07) is 6.19. The van der Waals surface area contributed by atoms with Crippen LogP contribution in [0.3, 0.4) is 0 Å². The first-order valence-corrected chi connectivity index (χ1v) is 12.2. The fraction of sp³-hybridized carbons (Fsp3) is 0.591. The van der Waals surface area contributed by atoms with E-state index in [2.05, 4.69) is 25.0 Å². The van der Waals surface area contributed by atoms with E-state index in [1.807, 2.05) is 25.1 Å². The van der Waals surface area contributed by atoms with Crippen LogP contribution in [0.4, 0.5) is 5.95 Å². The molecule has 1 aliphatic carbocycles. The summed E-state index contributed by atoms with van der Waals surface area (Å²) >= 11 is 1.47. The molecule has 1 N–H and O–H groups in total. The molecular weight excluding hydrogens is 414 g/mol. The summed E-state index contributed by atoms with van der Waals surface area (Å²) in [5, 5.41) is 12.9. The third-order valence-electron chi connectivity index (χ3n) is 5.97. The highest BCUT2D eigenvalue weighted by molar-refractivity contribution is 7.99. The van der Waals surface area contributed by atoms with E-state index in [0.717, 1.165) is 41.3 Å². The van der Waals surface area contributed by atoms with Crippen LogP contribution in [-0.2, 0) is 4.79 Å². The number of anilines is 1. The number of carbonyl (C=O) groups is 1. The molecule has 2 aromatic rings.